The second-order valence-electron chi connectivity index (χ2n) is 6.46. The molecule has 3 N–H and O–H groups in total. The van der Waals surface area contributed by atoms with Gasteiger partial charge in [0.15, 0.2) is 0 Å². The molecule has 5 nitrogen and oxygen atoms in total. The summed E-state index contributed by atoms with van der Waals surface area (Å²) < 4.78 is 5.76. The van der Waals surface area contributed by atoms with Crippen LogP contribution in [0.2, 0.25) is 0 Å². The summed E-state index contributed by atoms with van der Waals surface area (Å²) in [6.45, 7) is 16.0. The molecule has 0 aromatic rings. The van der Waals surface area contributed by atoms with Crippen LogP contribution in [-0.4, -0.2) is 70.0 Å². The van der Waals surface area contributed by atoms with Gasteiger partial charge in [0.1, 0.15) is 0 Å². The Bertz CT molecular complexity index is 299. The van der Waals surface area contributed by atoms with E-state index in [1.165, 1.54) is 19.4 Å². The molecule has 0 radical (unpaired) electrons. The fourth-order valence-corrected chi connectivity index (χ4v) is 2.82. The zero-order valence-corrected chi connectivity index (χ0v) is 15.4. The van der Waals surface area contributed by atoms with Crippen LogP contribution < -0.4 is 16.0 Å². The highest BCUT2D eigenvalue weighted by Crippen LogP contribution is 2.10. The predicted octanol–water partition coefficient (Wildman–Crippen LogP) is 1.43. The molecule has 0 saturated heterocycles. The topological polar surface area (TPSA) is 48.6 Å². The minimum atomic E-state index is 0.335. The van der Waals surface area contributed by atoms with Gasteiger partial charge >= 0.3 is 0 Å². The van der Waals surface area contributed by atoms with E-state index in [2.05, 4.69) is 53.9 Å². The first-order valence-electron chi connectivity index (χ1n) is 9.37. The summed E-state index contributed by atoms with van der Waals surface area (Å²) in [5.74, 6) is 0.571. The highest BCUT2D eigenvalue weighted by Gasteiger charge is 2.16. The monoisotopic (exact) mass is 326 g/mol. The second kappa shape index (κ2) is 13.8. The molecule has 0 saturated carbocycles. The summed E-state index contributed by atoms with van der Waals surface area (Å²) >= 11 is 0. The maximum Gasteiger partial charge on any atom is 0.0584 e. The molecule has 2 atom stereocenters. The molecule has 5 heteroatoms. The van der Waals surface area contributed by atoms with E-state index in [1.807, 2.05) is 0 Å². The number of ether oxygens (including phenoxy) is 1. The third-order valence-electron chi connectivity index (χ3n) is 4.38. The molecular weight excluding hydrogens is 288 g/mol. The molecule has 1 aliphatic heterocycles. The average molecular weight is 327 g/mol. The van der Waals surface area contributed by atoms with Crippen LogP contribution in [-0.2, 0) is 4.74 Å². The maximum atomic E-state index is 5.76. The molecule has 2 unspecified atom stereocenters. The van der Waals surface area contributed by atoms with Crippen molar-refractivity contribution in [1.29, 1.82) is 0 Å². The lowest BCUT2D eigenvalue weighted by molar-refractivity contribution is 0.0255. The van der Waals surface area contributed by atoms with Gasteiger partial charge in [-0.25, -0.2) is 0 Å². The highest BCUT2D eigenvalue weighted by atomic mass is 16.5. The zero-order valence-electron chi connectivity index (χ0n) is 15.4. The van der Waals surface area contributed by atoms with Gasteiger partial charge in [-0.15, -0.1) is 0 Å². The van der Waals surface area contributed by atoms with Crippen molar-refractivity contribution in [2.75, 3.05) is 59.0 Å². The van der Waals surface area contributed by atoms with Crippen molar-refractivity contribution >= 4 is 0 Å². The lowest BCUT2D eigenvalue weighted by Gasteiger charge is -2.29. The van der Waals surface area contributed by atoms with Gasteiger partial charge in [0, 0.05) is 39.3 Å². The lowest BCUT2D eigenvalue weighted by atomic mass is 10.1. The average Bonchev–Trinajstić information content (AvgIpc) is 2.55. The van der Waals surface area contributed by atoms with Crippen LogP contribution in [0.15, 0.2) is 12.3 Å². The van der Waals surface area contributed by atoms with Crippen LogP contribution in [0.1, 0.15) is 33.6 Å². The third-order valence-corrected chi connectivity index (χ3v) is 4.38. The van der Waals surface area contributed by atoms with E-state index >= 15 is 0 Å². The van der Waals surface area contributed by atoms with Crippen LogP contribution in [0, 0.1) is 5.92 Å². The molecular formula is C18H38N4O. The fourth-order valence-electron chi connectivity index (χ4n) is 2.82. The molecule has 0 aromatic heterocycles. The summed E-state index contributed by atoms with van der Waals surface area (Å²) in [5, 5.41) is 10.3. The largest absolute Gasteiger partial charge is 0.391 e. The van der Waals surface area contributed by atoms with Gasteiger partial charge in [-0.2, -0.15) is 0 Å². The number of hydrogen-bond donors (Lipinski definition) is 3. The van der Waals surface area contributed by atoms with Gasteiger partial charge in [0.25, 0.3) is 0 Å². The Morgan fingerprint density at radius 3 is 2.57 bits per heavy atom. The molecule has 136 valence electrons. The lowest BCUT2D eigenvalue weighted by Crippen LogP contribution is -2.37. The molecule has 0 aromatic carbocycles. The third kappa shape index (κ3) is 10.7. The normalized spacial score (nSPS) is 24.0. The summed E-state index contributed by atoms with van der Waals surface area (Å²) in [4.78, 5) is 2.60. The van der Waals surface area contributed by atoms with Gasteiger partial charge in [0.2, 0.25) is 0 Å². The van der Waals surface area contributed by atoms with Gasteiger partial charge in [0.05, 0.1) is 6.10 Å². The maximum absolute atomic E-state index is 5.76. The smallest absolute Gasteiger partial charge is 0.0584 e. The molecule has 0 bridgehead atoms. The molecule has 1 aliphatic rings. The summed E-state index contributed by atoms with van der Waals surface area (Å²) in [7, 11) is 0. The minimum Gasteiger partial charge on any atom is -0.391 e. The van der Waals surface area contributed by atoms with Crippen molar-refractivity contribution in [3.63, 3.8) is 0 Å². The fraction of sp³-hybridized carbons (Fsp3) is 0.889. The van der Waals surface area contributed by atoms with Crippen molar-refractivity contribution in [1.82, 2.24) is 20.9 Å². The van der Waals surface area contributed by atoms with Crippen LogP contribution in [0.25, 0.3) is 0 Å². The molecule has 0 spiro atoms. The molecule has 23 heavy (non-hydrogen) atoms. The van der Waals surface area contributed by atoms with Crippen molar-refractivity contribution in [2.24, 2.45) is 5.92 Å². The van der Waals surface area contributed by atoms with Crippen LogP contribution in [0.3, 0.4) is 0 Å². The van der Waals surface area contributed by atoms with E-state index in [-0.39, 0.29) is 0 Å². The van der Waals surface area contributed by atoms with E-state index in [0.29, 0.717) is 12.0 Å². The first-order chi connectivity index (χ1) is 11.2. The Labute approximate surface area is 143 Å². The predicted molar refractivity (Wildman–Crippen MR) is 98.8 cm³/mol. The molecule has 1 rings (SSSR count). The van der Waals surface area contributed by atoms with Crippen LogP contribution in [0.5, 0.6) is 0 Å². The van der Waals surface area contributed by atoms with Crippen molar-refractivity contribution in [3.05, 3.63) is 12.3 Å². The Morgan fingerprint density at radius 1 is 1.04 bits per heavy atom. The number of nitrogens with one attached hydrogen (secondary N) is 3. The Morgan fingerprint density at radius 2 is 1.78 bits per heavy atom. The van der Waals surface area contributed by atoms with Gasteiger partial charge < -0.3 is 25.6 Å². The molecule has 0 aliphatic carbocycles. The van der Waals surface area contributed by atoms with Crippen molar-refractivity contribution in [2.45, 2.75) is 39.7 Å². The molecule has 0 fully saturated rings. The standard InChI is InChI=1S/C18H38N4O/c1-4-23-18(3)17(2)16-22-14-6-10-19-8-5-9-20-12-13-21-11-7-15-22/h5,8,17-21H,4,6-7,9-16H2,1-3H3/b8-5-. The van der Waals surface area contributed by atoms with E-state index in [1.54, 1.807) is 0 Å². The van der Waals surface area contributed by atoms with Crippen molar-refractivity contribution in [3.8, 4) is 0 Å². The first-order valence-corrected chi connectivity index (χ1v) is 9.37. The van der Waals surface area contributed by atoms with E-state index in [4.69, 9.17) is 4.74 Å². The number of nitrogens with zero attached hydrogens (tertiary/aromatic N) is 1. The Hall–Kier alpha value is -0.620. The highest BCUT2D eigenvalue weighted by molar-refractivity contribution is 4.82. The Balaban J connectivity index is 2.40. The summed E-state index contributed by atoms with van der Waals surface area (Å²) in [5.41, 5.74) is 0. The summed E-state index contributed by atoms with van der Waals surface area (Å²) in [6, 6.07) is 0. The van der Waals surface area contributed by atoms with E-state index < -0.39 is 0 Å². The van der Waals surface area contributed by atoms with Crippen LogP contribution in [0.4, 0.5) is 0 Å². The van der Waals surface area contributed by atoms with Gasteiger partial charge in [-0.05, 0) is 58.4 Å². The Kier molecular flexibility index (Phi) is 12.2. The van der Waals surface area contributed by atoms with Gasteiger partial charge in [-0.3, -0.25) is 0 Å². The minimum absolute atomic E-state index is 0.335. The van der Waals surface area contributed by atoms with Crippen molar-refractivity contribution < 1.29 is 4.74 Å². The number of rotatable bonds is 5. The molecule has 1 heterocycles. The first kappa shape index (κ1) is 20.4. The summed E-state index contributed by atoms with van der Waals surface area (Å²) in [6.07, 6.45) is 6.96. The van der Waals surface area contributed by atoms with Crippen LogP contribution >= 0.6 is 0 Å². The quantitative estimate of drug-likeness (QED) is 0.713. The molecule has 0 amide bonds. The SMILES string of the molecule is CCOC(C)C(C)CN1CCCN/C=C\CNCCNCCC1. The number of hydrogen-bond acceptors (Lipinski definition) is 5. The zero-order chi connectivity index (χ0) is 16.8. The van der Waals surface area contributed by atoms with E-state index in [9.17, 15) is 0 Å². The second-order valence-corrected chi connectivity index (χ2v) is 6.46. The van der Waals surface area contributed by atoms with E-state index in [0.717, 1.165) is 52.4 Å². The van der Waals surface area contributed by atoms with Gasteiger partial charge in [-0.1, -0.05) is 13.0 Å².